The molecule has 1 aliphatic heterocycles. The first-order valence-electron chi connectivity index (χ1n) is 11.9. The highest BCUT2D eigenvalue weighted by Crippen LogP contribution is 2.53. The molecule has 6 rings (SSSR count). The summed E-state index contributed by atoms with van der Waals surface area (Å²) in [7, 11) is -1.93. The molecule has 2 aliphatic carbocycles. The lowest BCUT2D eigenvalue weighted by molar-refractivity contribution is 1.02. The average molecular weight is 513 g/mol. The maximum Gasteiger partial charge on any atom is 0.0931 e. The zero-order valence-electron chi connectivity index (χ0n) is 20.3. The highest BCUT2D eigenvalue weighted by molar-refractivity contribution is 9.10. The maximum absolute atomic E-state index is 3.93. The third-order valence-electron chi connectivity index (χ3n) is 8.58. The monoisotopic (exact) mass is 511 g/mol. The number of hydrogen-bond donors (Lipinski definition) is 0. The standard InChI is InChI=1S/C30H30BrNSi/c1-17-15-26-25(28-19(3)18(2)20(4)29(28)32(26)31)16-27(17)33(5,6)30-23-13-9-7-11-21(23)22-12-8-10-14-24(22)30/h7-16,29-30H,1-6H3. The zero-order chi connectivity index (χ0) is 23.2. The minimum absolute atomic E-state index is 0.326. The molecule has 166 valence electrons. The molecule has 3 aromatic rings. The molecule has 0 saturated carbocycles. The normalized spacial score (nSPS) is 19.2. The second-order valence-corrected chi connectivity index (χ2v) is 15.9. The predicted octanol–water partition coefficient (Wildman–Crippen LogP) is 7.88. The Hall–Kier alpha value is -2.36. The predicted molar refractivity (Wildman–Crippen MR) is 148 cm³/mol. The van der Waals surface area contributed by atoms with E-state index < -0.39 is 8.07 Å². The molecule has 3 aliphatic rings. The molecule has 0 amide bonds. The highest BCUT2D eigenvalue weighted by Gasteiger charge is 2.45. The molecule has 33 heavy (non-hydrogen) atoms. The van der Waals surface area contributed by atoms with Crippen LogP contribution in [-0.2, 0) is 0 Å². The number of benzene rings is 3. The van der Waals surface area contributed by atoms with Gasteiger partial charge in [-0.3, -0.25) is 3.93 Å². The van der Waals surface area contributed by atoms with Crippen LogP contribution in [0.2, 0.25) is 13.1 Å². The van der Waals surface area contributed by atoms with Gasteiger partial charge < -0.3 is 0 Å². The molecule has 1 atom stereocenters. The van der Waals surface area contributed by atoms with E-state index in [1.54, 1.807) is 5.19 Å². The third-order valence-corrected chi connectivity index (χ3v) is 13.4. The Kier molecular flexibility index (Phi) is 4.54. The number of allylic oxidation sites excluding steroid dienone is 2. The van der Waals surface area contributed by atoms with Crippen molar-refractivity contribution in [3.05, 3.63) is 99.6 Å². The van der Waals surface area contributed by atoms with Gasteiger partial charge in [0.1, 0.15) is 0 Å². The Morgan fingerprint density at radius 1 is 0.758 bits per heavy atom. The fraction of sp³-hybridized carbons (Fsp3) is 0.267. The van der Waals surface area contributed by atoms with E-state index in [2.05, 4.69) is 122 Å². The van der Waals surface area contributed by atoms with Gasteiger partial charge in [-0.25, -0.2) is 0 Å². The number of hydrogen-bond acceptors (Lipinski definition) is 1. The number of rotatable bonds is 2. The first kappa shape index (κ1) is 21.2. The third kappa shape index (κ3) is 2.70. The lowest BCUT2D eigenvalue weighted by Gasteiger charge is -2.34. The summed E-state index contributed by atoms with van der Waals surface area (Å²) in [5.74, 6) is 0. The van der Waals surface area contributed by atoms with Gasteiger partial charge in [0.05, 0.1) is 36.0 Å². The van der Waals surface area contributed by atoms with Gasteiger partial charge in [-0.05, 0) is 83.9 Å². The van der Waals surface area contributed by atoms with Crippen LogP contribution < -0.4 is 9.11 Å². The minimum atomic E-state index is -1.93. The van der Waals surface area contributed by atoms with Crippen LogP contribution >= 0.6 is 16.1 Å². The number of aryl methyl sites for hydroxylation is 1. The Morgan fingerprint density at radius 3 is 1.94 bits per heavy atom. The van der Waals surface area contributed by atoms with Crippen molar-refractivity contribution in [1.29, 1.82) is 0 Å². The fourth-order valence-corrected chi connectivity index (χ4v) is 11.5. The van der Waals surface area contributed by atoms with Gasteiger partial charge >= 0.3 is 0 Å². The summed E-state index contributed by atoms with van der Waals surface area (Å²) in [4.78, 5) is 0. The number of anilines is 1. The molecule has 3 heteroatoms. The van der Waals surface area contributed by atoms with Gasteiger partial charge in [0.2, 0.25) is 0 Å². The molecule has 0 aromatic heterocycles. The van der Waals surface area contributed by atoms with Gasteiger partial charge in [-0.1, -0.05) is 72.9 Å². The van der Waals surface area contributed by atoms with Crippen LogP contribution in [0.5, 0.6) is 0 Å². The second-order valence-electron chi connectivity index (χ2n) is 10.6. The Balaban J connectivity index is 1.55. The summed E-state index contributed by atoms with van der Waals surface area (Å²) in [6.45, 7) is 14.3. The Bertz CT molecular complexity index is 1370. The number of fused-ring (bicyclic) bond motifs is 6. The minimum Gasteiger partial charge on any atom is -0.297 e. The summed E-state index contributed by atoms with van der Waals surface area (Å²) in [6.07, 6.45) is 0. The molecular formula is C30H30BrNSi. The van der Waals surface area contributed by atoms with Gasteiger partial charge in [-0.2, -0.15) is 0 Å². The molecular weight excluding hydrogens is 482 g/mol. The molecule has 0 fully saturated rings. The summed E-state index contributed by atoms with van der Waals surface area (Å²) < 4.78 is 2.32. The Labute approximate surface area is 207 Å². The Morgan fingerprint density at radius 2 is 1.33 bits per heavy atom. The maximum atomic E-state index is 3.93. The van der Waals surface area contributed by atoms with E-state index in [-0.39, 0.29) is 0 Å². The fourth-order valence-electron chi connectivity index (χ4n) is 6.76. The van der Waals surface area contributed by atoms with Crippen molar-refractivity contribution in [3.63, 3.8) is 0 Å². The van der Waals surface area contributed by atoms with Crippen molar-refractivity contribution in [2.75, 3.05) is 3.93 Å². The van der Waals surface area contributed by atoms with Crippen LogP contribution in [0.25, 0.3) is 16.7 Å². The van der Waals surface area contributed by atoms with E-state index in [0.717, 1.165) is 0 Å². The van der Waals surface area contributed by atoms with Crippen molar-refractivity contribution < 1.29 is 0 Å². The van der Waals surface area contributed by atoms with E-state index in [1.807, 2.05) is 0 Å². The lowest BCUT2D eigenvalue weighted by atomic mass is 9.99. The first-order valence-corrected chi connectivity index (χ1v) is 15.7. The summed E-state index contributed by atoms with van der Waals surface area (Å²) in [5, 5.41) is 1.59. The van der Waals surface area contributed by atoms with Gasteiger partial charge in [-0.15, -0.1) is 0 Å². The zero-order valence-corrected chi connectivity index (χ0v) is 22.8. The average Bonchev–Trinajstić information content (AvgIpc) is 3.37. The van der Waals surface area contributed by atoms with Crippen molar-refractivity contribution >= 4 is 40.7 Å². The van der Waals surface area contributed by atoms with Crippen LogP contribution in [0.4, 0.5) is 5.69 Å². The van der Waals surface area contributed by atoms with Gasteiger partial charge in [0, 0.05) is 11.1 Å². The SMILES string of the molecule is CC1=C(C)C2C(=C1C)c1cc([Si](C)(C)C3c4ccccc4-c4ccccc43)c(C)cc1N2Br. The summed E-state index contributed by atoms with van der Waals surface area (Å²) in [6, 6.07) is 23.5. The van der Waals surface area contributed by atoms with E-state index in [1.165, 1.54) is 61.4 Å². The van der Waals surface area contributed by atoms with E-state index in [0.29, 0.717) is 11.6 Å². The van der Waals surface area contributed by atoms with Crippen molar-refractivity contribution in [3.8, 4) is 11.1 Å². The quantitative estimate of drug-likeness (QED) is 0.249. The van der Waals surface area contributed by atoms with Crippen LogP contribution in [0.1, 0.15) is 48.6 Å². The first-order chi connectivity index (χ1) is 15.7. The molecule has 0 spiro atoms. The molecule has 3 aromatic carbocycles. The summed E-state index contributed by atoms with van der Waals surface area (Å²) in [5.41, 5.74) is 16.4. The topological polar surface area (TPSA) is 3.24 Å². The van der Waals surface area contributed by atoms with Crippen molar-refractivity contribution in [1.82, 2.24) is 0 Å². The van der Waals surface area contributed by atoms with E-state index in [9.17, 15) is 0 Å². The number of nitrogens with zero attached hydrogens (tertiary/aromatic N) is 1. The molecule has 0 N–H and O–H groups in total. The van der Waals surface area contributed by atoms with E-state index >= 15 is 0 Å². The molecule has 0 radical (unpaired) electrons. The highest BCUT2D eigenvalue weighted by atomic mass is 79.9. The summed E-state index contributed by atoms with van der Waals surface area (Å²) >= 11 is 3.93. The molecule has 1 heterocycles. The molecule has 0 saturated heterocycles. The van der Waals surface area contributed by atoms with Crippen LogP contribution in [0.15, 0.2) is 77.4 Å². The molecule has 0 bridgehead atoms. The van der Waals surface area contributed by atoms with E-state index in [4.69, 9.17) is 0 Å². The van der Waals surface area contributed by atoms with Crippen LogP contribution in [0.3, 0.4) is 0 Å². The molecule has 1 nitrogen and oxygen atoms in total. The smallest absolute Gasteiger partial charge is 0.0931 e. The van der Waals surface area contributed by atoms with Crippen LogP contribution in [0, 0.1) is 6.92 Å². The number of halogens is 1. The van der Waals surface area contributed by atoms with Crippen molar-refractivity contribution in [2.45, 2.75) is 52.4 Å². The van der Waals surface area contributed by atoms with Crippen molar-refractivity contribution in [2.24, 2.45) is 0 Å². The molecule has 1 unspecified atom stereocenters. The van der Waals surface area contributed by atoms with Gasteiger partial charge in [0.25, 0.3) is 0 Å². The largest absolute Gasteiger partial charge is 0.297 e. The lowest BCUT2D eigenvalue weighted by Crippen LogP contribution is -2.49. The van der Waals surface area contributed by atoms with Crippen LogP contribution in [-0.4, -0.2) is 14.1 Å². The van der Waals surface area contributed by atoms with Gasteiger partial charge in [0.15, 0.2) is 0 Å². The second kappa shape index (κ2) is 7.07.